The van der Waals surface area contributed by atoms with Crippen molar-refractivity contribution in [3.8, 4) is 0 Å². The summed E-state index contributed by atoms with van der Waals surface area (Å²) in [6.07, 6.45) is 4.06. The zero-order valence-corrected chi connectivity index (χ0v) is 19.9. The van der Waals surface area contributed by atoms with Gasteiger partial charge in [0.05, 0.1) is 10.7 Å². The molecule has 1 aromatic carbocycles. The summed E-state index contributed by atoms with van der Waals surface area (Å²) in [5, 5.41) is 11.6. The number of halogens is 1. The Morgan fingerprint density at radius 2 is 1.75 bits per heavy atom. The normalized spacial score (nSPS) is 20.8. The van der Waals surface area contributed by atoms with E-state index < -0.39 is 0 Å². The first-order chi connectivity index (χ1) is 15.2. The Balaban J connectivity index is 1.74. The molecule has 4 rings (SSSR count). The molecule has 0 unspecified atom stereocenters. The summed E-state index contributed by atoms with van der Waals surface area (Å²) in [5.74, 6) is 2.14. The first-order valence-corrected chi connectivity index (χ1v) is 11.7. The van der Waals surface area contributed by atoms with Gasteiger partial charge in [0.15, 0.2) is 11.6 Å². The molecule has 2 heterocycles. The molecule has 32 heavy (non-hydrogen) atoms. The lowest BCUT2D eigenvalue weighted by atomic mass is 9.92. The average Bonchev–Trinajstić information content (AvgIpc) is 3.13. The van der Waals surface area contributed by atoms with Crippen LogP contribution >= 0.6 is 11.6 Å². The highest BCUT2D eigenvalue weighted by atomic mass is 35.5. The third-order valence-corrected chi connectivity index (χ3v) is 6.28. The average molecular weight is 460 g/mol. The lowest BCUT2D eigenvalue weighted by Crippen LogP contribution is -2.50. The van der Waals surface area contributed by atoms with Gasteiger partial charge in [-0.3, -0.25) is 10.0 Å². The largest absolute Gasteiger partial charge is 0.398 e. The summed E-state index contributed by atoms with van der Waals surface area (Å²) < 4.78 is 0. The number of hydrogen-bond acceptors (Lipinski definition) is 9. The van der Waals surface area contributed by atoms with Crippen LogP contribution in [0.2, 0.25) is 5.02 Å². The SMILES string of the molecule is CC(C)N1NN(C(C)C)c2c(Nc3ccc(N)c(Cl)c3)nc(NC3CCC(N)CC3)nc21. The fourth-order valence-electron chi connectivity index (χ4n) is 4.12. The molecule has 0 atom stereocenters. The van der Waals surface area contributed by atoms with E-state index in [2.05, 4.69) is 53.9 Å². The maximum absolute atomic E-state index is 6.26. The van der Waals surface area contributed by atoms with Crippen LogP contribution in [0, 0.1) is 0 Å². The Morgan fingerprint density at radius 3 is 2.38 bits per heavy atom. The predicted octanol–water partition coefficient (Wildman–Crippen LogP) is 4.00. The molecule has 0 spiro atoms. The third kappa shape index (κ3) is 4.65. The quantitative estimate of drug-likeness (QED) is 0.408. The molecule has 1 aliphatic carbocycles. The minimum Gasteiger partial charge on any atom is -0.398 e. The van der Waals surface area contributed by atoms with Gasteiger partial charge in [-0.05, 0) is 71.6 Å². The number of fused-ring (bicyclic) bond motifs is 1. The molecule has 1 saturated carbocycles. The number of rotatable bonds is 6. The molecular weight excluding hydrogens is 426 g/mol. The van der Waals surface area contributed by atoms with E-state index in [0.29, 0.717) is 34.6 Å². The van der Waals surface area contributed by atoms with Crippen LogP contribution in [0.3, 0.4) is 0 Å². The van der Waals surface area contributed by atoms with E-state index in [0.717, 1.165) is 42.9 Å². The Bertz CT molecular complexity index is 957. The molecule has 0 amide bonds. The Kier molecular flexibility index (Phi) is 6.50. The maximum Gasteiger partial charge on any atom is 0.227 e. The molecular formula is C22H34ClN9. The van der Waals surface area contributed by atoms with Gasteiger partial charge in [-0.25, -0.2) is 0 Å². The highest BCUT2D eigenvalue weighted by Crippen LogP contribution is 2.41. The van der Waals surface area contributed by atoms with Gasteiger partial charge in [0.25, 0.3) is 0 Å². The first kappa shape index (κ1) is 22.7. The minimum atomic E-state index is 0.190. The third-order valence-electron chi connectivity index (χ3n) is 5.95. The van der Waals surface area contributed by atoms with E-state index in [9.17, 15) is 0 Å². The van der Waals surface area contributed by atoms with Crippen LogP contribution in [0.25, 0.3) is 0 Å². The number of nitrogen functional groups attached to an aromatic ring is 1. The maximum atomic E-state index is 6.26. The second-order valence-corrected chi connectivity index (χ2v) is 9.62. The van der Waals surface area contributed by atoms with Crippen LogP contribution in [-0.2, 0) is 0 Å². The number of aromatic nitrogens is 2. The highest BCUT2D eigenvalue weighted by molar-refractivity contribution is 6.33. The molecule has 0 bridgehead atoms. The summed E-state index contributed by atoms with van der Waals surface area (Å²) in [7, 11) is 0. The summed E-state index contributed by atoms with van der Waals surface area (Å²) in [4.78, 5) is 9.80. The number of hydrazine groups is 2. The van der Waals surface area contributed by atoms with Crippen molar-refractivity contribution in [2.45, 2.75) is 77.5 Å². The van der Waals surface area contributed by atoms with Gasteiger partial charge < -0.3 is 22.1 Å². The van der Waals surface area contributed by atoms with Crippen LogP contribution in [0.5, 0.6) is 0 Å². The lowest BCUT2D eigenvalue weighted by molar-refractivity contribution is 0.410. The van der Waals surface area contributed by atoms with E-state index in [1.165, 1.54) is 0 Å². The monoisotopic (exact) mass is 459 g/mol. The number of nitrogens with two attached hydrogens (primary N) is 2. The van der Waals surface area contributed by atoms with Crippen LogP contribution in [0.4, 0.5) is 34.6 Å². The van der Waals surface area contributed by atoms with Gasteiger partial charge in [0.1, 0.15) is 5.69 Å². The van der Waals surface area contributed by atoms with Crippen molar-refractivity contribution >= 4 is 46.2 Å². The number of nitrogens with zero attached hydrogens (tertiary/aromatic N) is 4. The fraction of sp³-hybridized carbons (Fsp3) is 0.545. The zero-order chi connectivity index (χ0) is 23.0. The van der Waals surface area contributed by atoms with Gasteiger partial charge in [0, 0.05) is 29.9 Å². The van der Waals surface area contributed by atoms with Crippen molar-refractivity contribution in [3.63, 3.8) is 0 Å². The topological polar surface area (TPSA) is 120 Å². The first-order valence-electron chi connectivity index (χ1n) is 11.3. The number of benzene rings is 1. The molecule has 174 valence electrons. The van der Waals surface area contributed by atoms with E-state index in [-0.39, 0.29) is 12.1 Å². The summed E-state index contributed by atoms with van der Waals surface area (Å²) in [6.45, 7) is 8.51. The molecule has 1 aromatic heterocycles. The number of nitrogens with one attached hydrogen (secondary N) is 3. The van der Waals surface area contributed by atoms with Crippen molar-refractivity contribution in [3.05, 3.63) is 23.2 Å². The second-order valence-electron chi connectivity index (χ2n) is 9.21. The van der Waals surface area contributed by atoms with Crippen molar-refractivity contribution < 1.29 is 0 Å². The van der Waals surface area contributed by atoms with Crippen LogP contribution in [0.15, 0.2) is 18.2 Å². The Hall–Kier alpha value is -2.49. The van der Waals surface area contributed by atoms with Crippen LogP contribution in [0.1, 0.15) is 53.4 Å². The van der Waals surface area contributed by atoms with E-state index >= 15 is 0 Å². The number of hydrogen-bond donors (Lipinski definition) is 5. The van der Waals surface area contributed by atoms with Crippen molar-refractivity contribution in [2.75, 3.05) is 26.4 Å². The summed E-state index contributed by atoms with van der Waals surface area (Å²) in [6, 6.07) is 6.49. The van der Waals surface area contributed by atoms with Gasteiger partial charge in [-0.2, -0.15) is 9.97 Å². The molecule has 7 N–H and O–H groups in total. The molecule has 1 aliphatic heterocycles. The van der Waals surface area contributed by atoms with Crippen molar-refractivity contribution in [1.29, 1.82) is 0 Å². The van der Waals surface area contributed by atoms with E-state index in [1.807, 2.05) is 12.1 Å². The second kappa shape index (κ2) is 9.17. The minimum absolute atomic E-state index is 0.190. The van der Waals surface area contributed by atoms with Crippen LogP contribution < -0.4 is 37.7 Å². The van der Waals surface area contributed by atoms with Crippen molar-refractivity contribution in [1.82, 2.24) is 15.5 Å². The van der Waals surface area contributed by atoms with Crippen LogP contribution in [-0.4, -0.2) is 34.1 Å². The van der Waals surface area contributed by atoms with Gasteiger partial charge in [-0.1, -0.05) is 11.6 Å². The predicted molar refractivity (Wildman–Crippen MR) is 133 cm³/mol. The summed E-state index contributed by atoms with van der Waals surface area (Å²) >= 11 is 6.26. The van der Waals surface area contributed by atoms with E-state index in [1.54, 1.807) is 6.07 Å². The lowest BCUT2D eigenvalue weighted by Gasteiger charge is -2.27. The highest BCUT2D eigenvalue weighted by Gasteiger charge is 2.35. The molecule has 0 radical (unpaired) electrons. The Labute approximate surface area is 194 Å². The molecule has 1 fully saturated rings. The zero-order valence-electron chi connectivity index (χ0n) is 19.2. The smallest absolute Gasteiger partial charge is 0.227 e. The molecule has 2 aliphatic rings. The van der Waals surface area contributed by atoms with E-state index in [4.69, 9.17) is 33.0 Å². The summed E-state index contributed by atoms with van der Waals surface area (Å²) in [5.41, 5.74) is 17.7. The molecule has 9 nitrogen and oxygen atoms in total. The van der Waals surface area contributed by atoms with Gasteiger partial charge >= 0.3 is 0 Å². The number of anilines is 6. The molecule has 10 heteroatoms. The standard InChI is InChI=1S/C22H34ClN9/c1-12(2)31-19-20(26-16-9-10-18(25)17(23)11-16)28-22(27-15-7-5-14(24)6-8-15)29-21(19)32(30-31)13(3)4/h9-15,30H,5-8,24-25H2,1-4H3,(H2,26,27,28,29). The van der Waals surface area contributed by atoms with Gasteiger partial charge in [0.2, 0.25) is 5.95 Å². The fourth-order valence-corrected chi connectivity index (χ4v) is 4.30. The molecule has 0 saturated heterocycles. The van der Waals surface area contributed by atoms with Gasteiger partial charge in [-0.15, -0.1) is 5.53 Å². The Morgan fingerprint density at radius 1 is 1.06 bits per heavy atom. The molecule has 2 aromatic rings. The van der Waals surface area contributed by atoms with Crippen molar-refractivity contribution in [2.24, 2.45) is 5.73 Å².